The maximum atomic E-state index is 3.99. The molecule has 0 aliphatic heterocycles. The molecule has 11 heavy (non-hydrogen) atoms. The number of hydrogen-bond donors (Lipinski definition) is 0. The minimum absolute atomic E-state index is 0. The second kappa shape index (κ2) is 4.74. The smallest absolute Gasteiger partial charge is 0.0257 e. The molecule has 0 spiro atoms. The number of hydrogen-bond acceptors (Lipinski definition) is 1. The number of rotatable bonds is 2. The van der Waals surface area contributed by atoms with E-state index in [1.54, 1.807) is 0 Å². The van der Waals surface area contributed by atoms with Crippen molar-refractivity contribution < 1.29 is 0 Å². The molecule has 0 aliphatic rings. The molecule has 0 aliphatic carbocycles. The maximum Gasteiger partial charge on any atom is 0.0257 e. The molecule has 0 saturated carbocycles. The largest absolute Gasteiger partial charge is 0.499 e. The summed E-state index contributed by atoms with van der Waals surface area (Å²) in [6.07, 6.45) is 2.74. The van der Waals surface area contributed by atoms with Crippen molar-refractivity contribution in [2.24, 2.45) is 4.99 Å². The van der Waals surface area contributed by atoms with Crippen LogP contribution in [0.4, 0.5) is 0 Å². The van der Waals surface area contributed by atoms with Crippen LogP contribution in [-0.2, 0) is 6.54 Å². The number of nitrogens with zero attached hydrogens (tertiary/aromatic N) is 1. The average Bonchev–Trinajstić information content (AvgIpc) is 2.03. The second-order valence-electron chi connectivity index (χ2n) is 2.03. The van der Waals surface area contributed by atoms with Crippen molar-refractivity contribution in [3.8, 4) is 0 Å². The van der Waals surface area contributed by atoms with Crippen molar-refractivity contribution >= 4 is 6.21 Å². The molecular weight excluding hydrogens is 389 g/mol. The van der Waals surface area contributed by atoms with Gasteiger partial charge in [-0.2, -0.15) is 6.92 Å². The Bertz CT molecular complexity index is 206. The zero-order chi connectivity index (χ0) is 7.23. The molecule has 0 N–H and O–H groups in total. The van der Waals surface area contributed by atoms with Crippen LogP contribution in [0.3, 0.4) is 0 Å². The van der Waals surface area contributed by atoms with Gasteiger partial charge in [0.1, 0.15) is 0 Å². The molecule has 0 atom stereocenters. The van der Waals surface area contributed by atoms with Crippen LogP contribution >= 0.6 is 0 Å². The Hall–Kier alpha value is -2.11. The molecule has 0 saturated heterocycles. The third kappa shape index (κ3) is 2.80. The van der Waals surface area contributed by atoms with Gasteiger partial charge in [0, 0.05) is 6.54 Å². The first kappa shape index (κ1) is 8.89. The Morgan fingerprint density at radius 2 is 1.91 bits per heavy atom. The van der Waals surface area contributed by atoms with Gasteiger partial charge in [-0.15, -0.1) is 0 Å². The average molecular weight is 399 g/mol. The van der Waals surface area contributed by atoms with Crippen LogP contribution in [0, 0.1) is 0 Å². The molecule has 0 radical (unpaired) electrons. The first-order chi connectivity index (χ1) is 4.93. The normalized spacial score (nSPS) is 9.55. The van der Waals surface area contributed by atoms with E-state index < -0.39 is 0 Å². The van der Waals surface area contributed by atoms with Gasteiger partial charge in [0.05, 0.1) is 0 Å². The van der Waals surface area contributed by atoms with Gasteiger partial charge < -0.3 is 11.2 Å². The Morgan fingerprint density at radius 1 is 1.27 bits per heavy atom. The van der Waals surface area contributed by atoms with Crippen LogP contribution in [0.1, 0.15) is 12.5 Å². The molecule has 0 unspecified atom stereocenters. The minimum atomic E-state index is 0. The molecule has 0 amide bonds. The fourth-order valence-corrected chi connectivity index (χ4v) is 0.754. The number of aliphatic imine (C=N–C) groups is 1. The van der Waals surface area contributed by atoms with Crippen molar-refractivity contribution in [3.05, 3.63) is 35.9 Å². The van der Waals surface area contributed by atoms with E-state index in [2.05, 4.69) is 23.3 Å². The van der Waals surface area contributed by atoms with Crippen molar-refractivity contribution in [1.82, 2.24) is 0 Å². The van der Waals surface area contributed by atoms with Gasteiger partial charge >= 0.3 is 0 Å². The van der Waals surface area contributed by atoms with Crippen LogP contribution in [0.15, 0.2) is 35.3 Å². The summed E-state index contributed by atoms with van der Waals surface area (Å²) >= 11 is 0. The number of benzene rings is 1. The van der Waals surface area contributed by atoms with E-state index in [1.165, 1.54) is 5.56 Å². The van der Waals surface area contributed by atoms with Crippen molar-refractivity contribution in [2.75, 3.05) is 0 Å². The standard InChI is InChI=1S/C9H10N.Rf/c1-2-10-8-9-6-4-3-5-7-9;/h3-7H,8H2,1H3;/q-1;. The molecule has 2 heteroatoms. The van der Waals surface area contributed by atoms with Crippen molar-refractivity contribution in [2.45, 2.75) is 13.5 Å². The molecule has 1 rings (SSSR count). The minimum Gasteiger partial charge on any atom is -0.499 e. The first-order valence-corrected chi connectivity index (χ1v) is 3.30. The monoisotopic (exact) mass is 399 g/mol. The van der Waals surface area contributed by atoms with E-state index in [0.717, 1.165) is 6.54 Å². The summed E-state index contributed by atoms with van der Waals surface area (Å²) in [5, 5.41) is 0. The molecular formula is C9H10NRf-. The van der Waals surface area contributed by atoms with Gasteiger partial charge in [0.25, 0.3) is 0 Å². The molecule has 1 nitrogen and oxygen atoms in total. The topological polar surface area (TPSA) is 12.4 Å². The van der Waals surface area contributed by atoms with E-state index in [9.17, 15) is 0 Å². The summed E-state index contributed by atoms with van der Waals surface area (Å²) in [6, 6.07) is 10.1. The SMILES string of the molecule is C[C-]=NCc1ccccc1.[Rf]. The Balaban J connectivity index is 0.000001000. The summed E-state index contributed by atoms with van der Waals surface area (Å²) in [6.45, 7) is 2.56. The molecule has 54 valence electrons. The summed E-state index contributed by atoms with van der Waals surface area (Å²) < 4.78 is 0. The molecule has 0 bridgehead atoms. The van der Waals surface area contributed by atoms with Crippen molar-refractivity contribution in [1.29, 1.82) is 0 Å². The summed E-state index contributed by atoms with van der Waals surface area (Å²) in [5.41, 5.74) is 1.23. The molecule has 0 heterocycles. The van der Waals surface area contributed by atoms with E-state index in [1.807, 2.05) is 25.1 Å². The molecule has 0 aromatic heterocycles. The van der Waals surface area contributed by atoms with E-state index >= 15 is 0 Å². The van der Waals surface area contributed by atoms with Gasteiger partial charge in [-0.25, -0.2) is 0 Å². The molecule has 1 aromatic carbocycles. The van der Waals surface area contributed by atoms with Crippen LogP contribution in [0.2, 0.25) is 0 Å². The van der Waals surface area contributed by atoms with Crippen LogP contribution in [0.5, 0.6) is 0 Å². The third-order valence-corrected chi connectivity index (χ3v) is 1.26. The van der Waals surface area contributed by atoms with E-state index in [4.69, 9.17) is 0 Å². The van der Waals surface area contributed by atoms with Gasteiger partial charge in [-0.1, -0.05) is 30.3 Å². The van der Waals surface area contributed by atoms with Gasteiger partial charge in [0.2, 0.25) is 0 Å². The van der Waals surface area contributed by atoms with Crippen LogP contribution in [-0.4, -0.2) is 6.21 Å². The Morgan fingerprint density at radius 3 is 2.45 bits per heavy atom. The van der Waals surface area contributed by atoms with Gasteiger partial charge in [-0.05, 0) is 5.56 Å². The zero-order valence-electron chi connectivity index (χ0n) is 6.75. The Kier molecular flexibility index (Phi) is 3.83. The van der Waals surface area contributed by atoms with E-state index in [-0.39, 0.29) is 0 Å². The van der Waals surface area contributed by atoms with Crippen LogP contribution in [0.25, 0.3) is 0 Å². The predicted octanol–water partition coefficient (Wildman–Crippen LogP) is 2.15. The van der Waals surface area contributed by atoms with Crippen molar-refractivity contribution in [3.63, 3.8) is 0 Å². The van der Waals surface area contributed by atoms with Crippen LogP contribution < -0.4 is 0 Å². The Labute approximate surface area is 61.4 Å². The summed E-state index contributed by atoms with van der Waals surface area (Å²) in [5.74, 6) is 0. The molecule has 0 fully saturated rings. The first-order valence-electron chi connectivity index (χ1n) is 3.30. The molecule has 1 aromatic rings. The fraction of sp³-hybridized carbons (Fsp3) is 0.222. The predicted molar refractivity (Wildman–Crippen MR) is 43.3 cm³/mol. The fourth-order valence-electron chi connectivity index (χ4n) is 0.754. The third-order valence-electron chi connectivity index (χ3n) is 1.26. The zero-order valence-corrected chi connectivity index (χ0v) is 13.1. The quantitative estimate of drug-likeness (QED) is 0.534. The van der Waals surface area contributed by atoms with Gasteiger partial charge in [-0.3, -0.25) is 0 Å². The van der Waals surface area contributed by atoms with Gasteiger partial charge in [0.15, 0.2) is 0 Å². The van der Waals surface area contributed by atoms with E-state index in [0.29, 0.717) is 0 Å². The maximum absolute atomic E-state index is 3.99. The summed E-state index contributed by atoms with van der Waals surface area (Å²) in [4.78, 5) is 3.99. The summed E-state index contributed by atoms with van der Waals surface area (Å²) in [7, 11) is 0. The second-order valence-corrected chi connectivity index (χ2v) is 2.03.